The predicted octanol–water partition coefficient (Wildman–Crippen LogP) is 2.71. The second kappa shape index (κ2) is 5.66. The Morgan fingerprint density at radius 2 is 1.86 bits per heavy atom. The molecule has 104 valence electrons. The Bertz CT molecular complexity index is 788. The third kappa shape index (κ3) is 2.86. The monoisotopic (exact) mass is 279 g/mol. The van der Waals surface area contributed by atoms with E-state index in [1.54, 1.807) is 6.20 Å². The number of rotatable bonds is 4. The van der Waals surface area contributed by atoms with E-state index in [9.17, 15) is 4.79 Å². The number of aryl methyl sites for hydroxylation is 1. The summed E-state index contributed by atoms with van der Waals surface area (Å²) in [5.74, 6) is -0.313. The highest BCUT2D eigenvalue weighted by atomic mass is 16.4. The summed E-state index contributed by atoms with van der Waals surface area (Å²) >= 11 is 0. The molecule has 5 heteroatoms. The van der Waals surface area contributed by atoms with Crippen LogP contribution in [0.3, 0.4) is 0 Å². The Balaban J connectivity index is 2.12. The Kier molecular flexibility index (Phi) is 3.55. The normalized spacial score (nSPS) is 10.7. The number of aliphatic carboxylic acids is 1. The van der Waals surface area contributed by atoms with Crippen LogP contribution in [-0.2, 0) is 11.2 Å². The van der Waals surface area contributed by atoms with Crippen LogP contribution in [0.1, 0.15) is 12.1 Å². The van der Waals surface area contributed by atoms with Crippen molar-refractivity contribution in [1.29, 1.82) is 0 Å². The standard InChI is InChI=1S/C16H13N3O2/c20-15(21)9-8-13-11-5-1-2-6-12(11)18-16(19-13)14-7-3-4-10-17-14/h1-7,10H,8-9H2,(H,20,21). The molecule has 0 aliphatic heterocycles. The van der Waals surface area contributed by atoms with Gasteiger partial charge in [0.15, 0.2) is 5.82 Å². The number of hydrogen-bond donors (Lipinski definition) is 1. The van der Waals surface area contributed by atoms with E-state index in [1.807, 2.05) is 42.5 Å². The summed E-state index contributed by atoms with van der Waals surface area (Å²) in [6.45, 7) is 0. The van der Waals surface area contributed by atoms with Gasteiger partial charge in [0, 0.05) is 18.0 Å². The number of para-hydroxylation sites is 1. The van der Waals surface area contributed by atoms with Crippen LogP contribution in [0.15, 0.2) is 48.7 Å². The molecular formula is C16H13N3O2. The van der Waals surface area contributed by atoms with Gasteiger partial charge in [-0.2, -0.15) is 0 Å². The van der Waals surface area contributed by atoms with Crippen molar-refractivity contribution in [2.24, 2.45) is 0 Å². The van der Waals surface area contributed by atoms with Crippen molar-refractivity contribution in [3.8, 4) is 11.5 Å². The molecule has 1 N–H and O–H groups in total. The molecule has 0 aliphatic carbocycles. The van der Waals surface area contributed by atoms with Gasteiger partial charge in [0.1, 0.15) is 5.69 Å². The molecule has 0 saturated heterocycles. The van der Waals surface area contributed by atoms with Gasteiger partial charge in [0.25, 0.3) is 0 Å². The van der Waals surface area contributed by atoms with Crippen LogP contribution in [0, 0.1) is 0 Å². The molecule has 0 fully saturated rings. The summed E-state index contributed by atoms with van der Waals surface area (Å²) in [6, 6.07) is 13.1. The summed E-state index contributed by atoms with van der Waals surface area (Å²) in [6.07, 6.45) is 2.10. The van der Waals surface area contributed by atoms with Crippen molar-refractivity contribution >= 4 is 16.9 Å². The number of hydrogen-bond acceptors (Lipinski definition) is 4. The molecule has 0 atom stereocenters. The molecule has 1 aromatic carbocycles. The third-order valence-corrected chi connectivity index (χ3v) is 3.15. The van der Waals surface area contributed by atoms with Crippen molar-refractivity contribution in [2.75, 3.05) is 0 Å². The molecule has 0 bridgehead atoms. The molecule has 0 spiro atoms. The number of carboxylic acid groups (broad SMARTS) is 1. The van der Waals surface area contributed by atoms with Gasteiger partial charge < -0.3 is 5.11 Å². The maximum absolute atomic E-state index is 10.8. The van der Waals surface area contributed by atoms with Crippen LogP contribution in [-0.4, -0.2) is 26.0 Å². The van der Waals surface area contributed by atoms with E-state index >= 15 is 0 Å². The lowest BCUT2D eigenvalue weighted by Gasteiger charge is -2.07. The molecule has 0 amide bonds. The number of nitrogens with zero attached hydrogens (tertiary/aromatic N) is 3. The van der Waals surface area contributed by atoms with Crippen LogP contribution in [0.2, 0.25) is 0 Å². The van der Waals surface area contributed by atoms with E-state index in [-0.39, 0.29) is 6.42 Å². The topological polar surface area (TPSA) is 76.0 Å². The maximum atomic E-state index is 10.8. The van der Waals surface area contributed by atoms with Crippen LogP contribution in [0.25, 0.3) is 22.4 Å². The molecule has 21 heavy (non-hydrogen) atoms. The summed E-state index contributed by atoms with van der Waals surface area (Å²) in [4.78, 5) is 24.1. The molecule has 3 rings (SSSR count). The fourth-order valence-corrected chi connectivity index (χ4v) is 2.17. The van der Waals surface area contributed by atoms with Gasteiger partial charge in [-0.15, -0.1) is 0 Å². The number of pyridine rings is 1. The van der Waals surface area contributed by atoms with Crippen LogP contribution in [0.4, 0.5) is 0 Å². The van der Waals surface area contributed by atoms with Crippen LogP contribution in [0.5, 0.6) is 0 Å². The average Bonchev–Trinajstić information content (AvgIpc) is 2.53. The zero-order valence-corrected chi connectivity index (χ0v) is 11.2. The highest BCUT2D eigenvalue weighted by Crippen LogP contribution is 2.21. The van der Waals surface area contributed by atoms with Crippen molar-refractivity contribution in [2.45, 2.75) is 12.8 Å². The molecule has 0 radical (unpaired) electrons. The van der Waals surface area contributed by atoms with E-state index in [0.717, 1.165) is 16.6 Å². The smallest absolute Gasteiger partial charge is 0.303 e. The predicted molar refractivity (Wildman–Crippen MR) is 78.7 cm³/mol. The molecule has 0 unspecified atom stereocenters. The number of carboxylic acids is 1. The van der Waals surface area contributed by atoms with E-state index in [2.05, 4.69) is 15.0 Å². The van der Waals surface area contributed by atoms with Crippen molar-refractivity contribution in [3.05, 3.63) is 54.4 Å². The van der Waals surface area contributed by atoms with Crippen molar-refractivity contribution < 1.29 is 9.90 Å². The van der Waals surface area contributed by atoms with Crippen LogP contribution >= 0.6 is 0 Å². The summed E-state index contributed by atoms with van der Waals surface area (Å²) in [5, 5.41) is 9.76. The molecule has 0 saturated carbocycles. The molecule has 0 aliphatic rings. The fraction of sp³-hybridized carbons (Fsp3) is 0.125. The van der Waals surface area contributed by atoms with E-state index < -0.39 is 5.97 Å². The zero-order chi connectivity index (χ0) is 14.7. The summed E-state index contributed by atoms with van der Waals surface area (Å²) in [5.41, 5.74) is 2.22. The summed E-state index contributed by atoms with van der Waals surface area (Å²) in [7, 11) is 0. The van der Waals surface area contributed by atoms with E-state index in [1.165, 1.54) is 0 Å². The van der Waals surface area contributed by atoms with Gasteiger partial charge in [-0.05, 0) is 18.2 Å². The Morgan fingerprint density at radius 3 is 2.62 bits per heavy atom. The largest absolute Gasteiger partial charge is 0.481 e. The summed E-state index contributed by atoms with van der Waals surface area (Å²) < 4.78 is 0. The first-order chi connectivity index (χ1) is 10.2. The van der Waals surface area contributed by atoms with Gasteiger partial charge in [0.2, 0.25) is 0 Å². The Hall–Kier alpha value is -2.82. The minimum absolute atomic E-state index is 0.0443. The number of fused-ring (bicyclic) bond motifs is 1. The molecule has 2 aromatic heterocycles. The SMILES string of the molecule is O=C(O)CCc1nc(-c2ccccn2)nc2ccccc12. The molecule has 5 nitrogen and oxygen atoms in total. The lowest BCUT2D eigenvalue weighted by molar-refractivity contribution is -0.136. The van der Waals surface area contributed by atoms with Gasteiger partial charge in [-0.1, -0.05) is 24.3 Å². The van der Waals surface area contributed by atoms with Crippen LogP contribution < -0.4 is 0 Å². The number of benzene rings is 1. The van der Waals surface area contributed by atoms with Gasteiger partial charge in [0.05, 0.1) is 17.6 Å². The molecule has 3 aromatic rings. The van der Waals surface area contributed by atoms with Gasteiger partial charge in [-0.3, -0.25) is 9.78 Å². The highest BCUT2D eigenvalue weighted by Gasteiger charge is 2.11. The number of aromatic nitrogens is 3. The Labute approximate surface area is 121 Å². The highest BCUT2D eigenvalue weighted by molar-refractivity contribution is 5.83. The second-order valence-electron chi connectivity index (χ2n) is 4.62. The zero-order valence-electron chi connectivity index (χ0n) is 11.2. The minimum atomic E-state index is -0.836. The first-order valence-electron chi connectivity index (χ1n) is 6.63. The first kappa shape index (κ1) is 13.2. The Morgan fingerprint density at radius 1 is 1.05 bits per heavy atom. The molecular weight excluding hydrogens is 266 g/mol. The lowest BCUT2D eigenvalue weighted by atomic mass is 10.1. The second-order valence-corrected chi connectivity index (χ2v) is 4.62. The lowest BCUT2D eigenvalue weighted by Crippen LogP contribution is -2.03. The fourth-order valence-electron chi connectivity index (χ4n) is 2.17. The molecule has 2 heterocycles. The van der Waals surface area contributed by atoms with Crippen molar-refractivity contribution in [1.82, 2.24) is 15.0 Å². The number of carbonyl (C=O) groups is 1. The van der Waals surface area contributed by atoms with Crippen molar-refractivity contribution in [3.63, 3.8) is 0 Å². The quantitative estimate of drug-likeness (QED) is 0.794. The van der Waals surface area contributed by atoms with E-state index in [0.29, 0.717) is 17.9 Å². The average molecular weight is 279 g/mol. The van der Waals surface area contributed by atoms with E-state index in [4.69, 9.17) is 5.11 Å². The third-order valence-electron chi connectivity index (χ3n) is 3.15. The minimum Gasteiger partial charge on any atom is -0.481 e. The first-order valence-corrected chi connectivity index (χ1v) is 6.63. The van der Waals surface area contributed by atoms with Gasteiger partial charge in [-0.25, -0.2) is 9.97 Å². The maximum Gasteiger partial charge on any atom is 0.303 e. The van der Waals surface area contributed by atoms with Gasteiger partial charge >= 0.3 is 5.97 Å².